The first-order chi connectivity index (χ1) is 14.9. The van der Waals surface area contributed by atoms with Gasteiger partial charge in [0.1, 0.15) is 12.4 Å². The van der Waals surface area contributed by atoms with E-state index in [0.29, 0.717) is 33.8 Å². The Morgan fingerprint density at radius 1 is 1.29 bits per heavy atom. The van der Waals surface area contributed by atoms with Gasteiger partial charge in [-0.3, -0.25) is 4.79 Å². The van der Waals surface area contributed by atoms with E-state index in [-0.39, 0.29) is 18.1 Å². The lowest BCUT2D eigenvalue weighted by atomic mass is 10.1. The molecule has 0 aliphatic carbocycles. The molecule has 2 aromatic carbocycles. The van der Waals surface area contributed by atoms with Gasteiger partial charge < -0.3 is 9.47 Å². The summed E-state index contributed by atoms with van der Waals surface area (Å²) in [7, 11) is 1.54. The van der Waals surface area contributed by atoms with Gasteiger partial charge in [0, 0.05) is 20.4 Å². The van der Waals surface area contributed by atoms with Crippen molar-refractivity contribution in [3.63, 3.8) is 0 Å². The van der Waals surface area contributed by atoms with E-state index in [1.165, 1.54) is 4.68 Å². The lowest BCUT2D eigenvalue weighted by Gasteiger charge is -2.15. The summed E-state index contributed by atoms with van der Waals surface area (Å²) in [6.07, 6.45) is 7.71. The molecule has 6 nitrogen and oxygen atoms in total. The number of methoxy groups -OCH3 is 1. The van der Waals surface area contributed by atoms with Crippen molar-refractivity contribution < 1.29 is 9.47 Å². The lowest BCUT2D eigenvalue weighted by molar-refractivity contribution is 0.330. The molecule has 0 spiro atoms. The number of terminal acetylenes is 1. The smallest absolute Gasteiger partial charge is 0.282 e. The number of aromatic nitrogens is 2. The summed E-state index contributed by atoms with van der Waals surface area (Å²) in [5.74, 6) is 4.02. The molecule has 0 N–H and O–H groups in total. The molecule has 3 aromatic rings. The number of ether oxygens (including phenoxy) is 2. The molecule has 8 heteroatoms. The Morgan fingerprint density at radius 3 is 2.74 bits per heavy atom. The summed E-state index contributed by atoms with van der Waals surface area (Å²) in [4.78, 5) is 18.0. The van der Waals surface area contributed by atoms with Crippen LogP contribution in [0, 0.1) is 12.3 Å². The van der Waals surface area contributed by atoms with Crippen LogP contribution in [0.1, 0.15) is 37.6 Å². The molecule has 160 valence electrons. The molecular formula is C23H21Br2N3O3. The fourth-order valence-corrected chi connectivity index (χ4v) is 3.82. The molecule has 0 saturated carbocycles. The van der Waals surface area contributed by atoms with Crippen molar-refractivity contribution in [3.05, 3.63) is 61.0 Å². The standard InChI is InChI=1S/C23H21Br2N3O3/c1-5-9-31-21-15(10-17(25)12-20(21)30-4)13-26-28-22(14(3)6-2)27-19-8-7-16(24)11-18(19)23(28)29/h1,7-8,10-14H,6,9H2,2-4H3/t14-/m1/s1. The van der Waals surface area contributed by atoms with E-state index in [9.17, 15) is 4.79 Å². The third-order valence-electron chi connectivity index (χ3n) is 4.77. The van der Waals surface area contributed by atoms with E-state index in [4.69, 9.17) is 20.9 Å². The van der Waals surface area contributed by atoms with Gasteiger partial charge in [0.25, 0.3) is 5.56 Å². The van der Waals surface area contributed by atoms with Crippen LogP contribution in [0.2, 0.25) is 0 Å². The van der Waals surface area contributed by atoms with Gasteiger partial charge in [-0.25, -0.2) is 4.98 Å². The highest BCUT2D eigenvalue weighted by Gasteiger charge is 2.17. The maximum Gasteiger partial charge on any atom is 0.282 e. The second kappa shape index (κ2) is 10.1. The number of hydrogen-bond acceptors (Lipinski definition) is 5. The number of benzene rings is 2. The van der Waals surface area contributed by atoms with Gasteiger partial charge in [-0.05, 0) is 36.8 Å². The Bertz CT molecular complexity index is 1250. The Morgan fingerprint density at radius 2 is 2.06 bits per heavy atom. The highest BCUT2D eigenvalue weighted by molar-refractivity contribution is 9.10. The van der Waals surface area contributed by atoms with Gasteiger partial charge in [-0.2, -0.15) is 9.78 Å². The van der Waals surface area contributed by atoms with Gasteiger partial charge in [0.15, 0.2) is 11.5 Å². The van der Waals surface area contributed by atoms with Gasteiger partial charge in [0.2, 0.25) is 0 Å². The zero-order chi connectivity index (χ0) is 22.5. The molecule has 0 fully saturated rings. The summed E-state index contributed by atoms with van der Waals surface area (Å²) in [6, 6.07) is 9.03. The maximum atomic E-state index is 13.3. The average Bonchev–Trinajstić information content (AvgIpc) is 2.76. The first kappa shape index (κ1) is 23.0. The first-order valence-electron chi connectivity index (χ1n) is 9.59. The van der Waals surface area contributed by atoms with Gasteiger partial charge >= 0.3 is 0 Å². The van der Waals surface area contributed by atoms with Crippen LogP contribution in [0.5, 0.6) is 11.5 Å². The average molecular weight is 547 g/mol. The van der Waals surface area contributed by atoms with E-state index in [1.54, 1.807) is 25.5 Å². The minimum absolute atomic E-state index is 0.0344. The predicted molar refractivity (Wildman–Crippen MR) is 130 cm³/mol. The zero-order valence-corrected chi connectivity index (χ0v) is 20.5. The van der Waals surface area contributed by atoms with Crippen LogP contribution in [0.25, 0.3) is 10.9 Å². The van der Waals surface area contributed by atoms with Crippen LogP contribution in [-0.4, -0.2) is 29.6 Å². The number of hydrogen-bond donors (Lipinski definition) is 0. The predicted octanol–water partition coefficient (Wildman–Crippen LogP) is 5.34. The van der Waals surface area contributed by atoms with E-state index < -0.39 is 0 Å². The van der Waals surface area contributed by atoms with E-state index in [2.05, 4.69) is 42.9 Å². The van der Waals surface area contributed by atoms with E-state index >= 15 is 0 Å². The molecular weight excluding hydrogens is 526 g/mol. The van der Waals surface area contributed by atoms with Crippen molar-refractivity contribution in [1.82, 2.24) is 9.66 Å². The number of fused-ring (bicyclic) bond motifs is 1. The first-order valence-corrected chi connectivity index (χ1v) is 11.2. The minimum atomic E-state index is -0.245. The molecule has 31 heavy (non-hydrogen) atoms. The fraction of sp³-hybridized carbons (Fsp3) is 0.261. The molecule has 0 unspecified atom stereocenters. The Hall–Kier alpha value is -2.63. The third kappa shape index (κ3) is 5.00. The lowest BCUT2D eigenvalue weighted by Crippen LogP contribution is -2.23. The normalized spacial score (nSPS) is 12.1. The van der Waals surface area contributed by atoms with Crippen molar-refractivity contribution in [2.75, 3.05) is 13.7 Å². The summed E-state index contributed by atoms with van der Waals surface area (Å²) < 4.78 is 14.0. The highest BCUT2D eigenvalue weighted by atomic mass is 79.9. The molecule has 0 aliphatic rings. The summed E-state index contributed by atoms with van der Waals surface area (Å²) in [5, 5.41) is 4.98. The van der Waals surface area contributed by atoms with Crippen LogP contribution >= 0.6 is 31.9 Å². The molecule has 0 saturated heterocycles. The van der Waals surface area contributed by atoms with Crippen LogP contribution < -0.4 is 15.0 Å². The number of halogens is 2. The van der Waals surface area contributed by atoms with E-state index in [0.717, 1.165) is 15.4 Å². The van der Waals surface area contributed by atoms with Crippen molar-refractivity contribution >= 4 is 49.0 Å². The largest absolute Gasteiger partial charge is 0.493 e. The van der Waals surface area contributed by atoms with Crippen LogP contribution in [0.15, 0.2) is 49.2 Å². The molecule has 1 heterocycles. The van der Waals surface area contributed by atoms with Crippen molar-refractivity contribution in [2.24, 2.45) is 5.10 Å². The Labute approximate surface area is 197 Å². The molecule has 0 amide bonds. The molecule has 0 radical (unpaired) electrons. The minimum Gasteiger partial charge on any atom is -0.493 e. The molecule has 1 atom stereocenters. The van der Waals surface area contributed by atoms with Gasteiger partial charge in [0.05, 0.1) is 24.2 Å². The molecule has 1 aromatic heterocycles. The quantitative estimate of drug-likeness (QED) is 0.296. The van der Waals surface area contributed by atoms with Crippen molar-refractivity contribution in [2.45, 2.75) is 26.2 Å². The SMILES string of the molecule is C#CCOc1c(C=Nn2c([C@H](C)CC)nc3ccc(Br)cc3c2=O)cc(Br)cc1OC. The number of rotatable bonds is 7. The topological polar surface area (TPSA) is 65.7 Å². The van der Waals surface area contributed by atoms with Gasteiger partial charge in [-0.1, -0.05) is 51.6 Å². The van der Waals surface area contributed by atoms with Crippen LogP contribution in [0.3, 0.4) is 0 Å². The summed E-state index contributed by atoms with van der Waals surface area (Å²) in [5.41, 5.74) is 1.00. The summed E-state index contributed by atoms with van der Waals surface area (Å²) >= 11 is 6.88. The molecule has 0 aliphatic heterocycles. The van der Waals surface area contributed by atoms with E-state index in [1.807, 2.05) is 32.0 Å². The fourth-order valence-electron chi connectivity index (χ4n) is 3.00. The molecule has 0 bridgehead atoms. The van der Waals surface area contributed by atoms with Crippen LogP contribution in [0.4, 0.5) is 0 Å². The monoisotopic (exact) mass is 545 g/mol. The highest BCUT2D eigenvalue weighted by Crippen LogP contribution is 2.34. The Kier molecular flexibility index (Phi) is 7.52. The maximum absolute atomic E-state index is 13.3. The second-order valence-corrected chi connectivity index (χ2v) is 8.65. The van der Waals surface area contributed by atoms with Crippen molar-refractivity contribution in [3.8, 4) is 23.8 Å². The van der Waals surface area contributed by atoms with Crippen molar-refractivity contribution in [1.29, 1.82) is 0 Å². The zero-order valence-electron chi connectivity index (χ0n) is 17.4. The Balaban J connectivity index is 2.21. The van der Waals surface area contributed by atoms with Crippen LogP contribution in [-0.2, 0) is 0 Å². The summed E-state index contributed by atoms with van der Waals surface area (Å²) in [6.45, 7) is 4.13. The van der Waals surface area contributed by atoms with Gasteiger partial charge in [-0.15, -0.1) is 6.42 Å². The number of nitrogens with zero attached hydrogens (tertiary/aromatic N) is 3. The third-order valence-corrected chi connectivity index (χ3v) is 5.72. The molecule has 3 rings (SSSR count). The second-order valence-electron chi connectivity index (χ2n) is 6.82.